The number of aromatic nitrogens is 5. The number of nitrogens with one attached hydrogen (secondary N) is 2. The summed E-state index contributed by atoms with van der Waals surface area (Å²) in [5.74, 6) is 6.65. The number of morpholine rings is 1. The molecule has 7 heterocycles. The second kappa shape index (κ2) is 16.4. The minimum Gasteiger partial charge on any atom is -0.374 e. The second-order valence-electron chi connectivity index (χ2n) is 15.9. The van der Waals surface area contributed by atoms with Gasteiger partial charge in [0, 0.05) is 62.8 Å². The monoisotopic (exact) mass is 796 g/mol. The van der Waals surface area contributed by atoms with Crippen LogP contribution in [0.5, 0.6) is 0 Å². The molecule has 15 nitrogen and oxygen atoms in total. The number of hydrogen-bond donors (Lipinski definition) is 2. The number of halogens is 2. The van der Waals surface area contributed by atoms with E-state index >= 15 is 0 Å². The standard InChI is InChI=1S/C41H46F2N10O5/c42-38(43)37-34(45-40(55)33-21-44-52-18-13-35(46-39(33)52)51-23-32-20-30(51)25-58-32)24-53(48-37)29-9-5-27(6-10-29)22-49-15-11-31(12-16-49)57-19-1-2-26-3-7-28(8-4-26)50-17-14-36(54)47-41(50)56/h3-4,7-8,13,18,21,24,27,29-32,38H,5-6,9-12,14-17,19-20,22-23,25H2,(H,45,55)(H,47,54,56)/t27?,29?,30-,32-/m1/s1. The maximum atomic E-state index is 14.2. The second-order valence-corrected chi connectivity index (χ2v) is 15.9. The van der Waals surface area contributed by atoms with Crippen LogP contribution < -0.4 is 20.4 Å². The summed E-state index contributed by atoms with van der Waals surface area (Å²) in [7, 11) is 0. The Bertz CT molecular complexity index is 2220. The molecule has 5 fully saturated rings. The summed E-state index contributed by atoms with van der Waals surface area (Å²) in [6.45, 7) is 4.99. The molecule has 4 amide bonds. The van der Waals surface area contributed by atoms with Crippen LogP contribution in [0.25, 0.3) is 5.65 Å². The fourth-order valence-corrected chi connectivity index (χ4v) is 8.95. The molecule has 4 saturated heterocycles. The number of nitrogens with zero attached hydrogens (tertiary/aromatic N) is 8. The number of carbonyl (C=O) groups is 3. The number of alkyl halides is 2. The van der Waals surface area contributed by atoms with E-state index in [2.05, 4.69) is 42.5 Å². The molecule has 5 aliphatic rings. The first-order chi connectivity index (χ1) is 28.2. The Morgan fingerprint density at radius 3 is 2.57 bits per heavy atom. The van der Waals surface area contributed by atoms with Crippen molar-refractivity contribution in [3.8, 4) is 11.8 Å². The number of anilines is 3. The molecule has 9 rings (SSSR count). The van der Waals surface area contributed by atoms with Gasteiger partial charge in [-0.25, -0.2) is 23.1 Å². The number of amides is 4. The maximum Gasteiger partial charge on any atom is 0.328 e. The van der Waals surface area contributed by atoms with Crippen molar-refractivity contribution >= 4 is 40.7 Å². The molecule has 1 saturated carbocycles. The van der Waals surface area contributed by atoms with Gasteiger partial charge in [0.05, 0.1) is 42.8 Å². The van der Waals surface area contributed by atoms with E-state index in [9.17, 15) is 23.2 Å². The predicted octanol–water partition coefficient (Wildman–Crippen LogP) is 4.80. The van der Waals surface area contributed by atoms with Gasteiger partial charge in [0.25, 0.3) is 12.3 Å². The Kier molecular flexibility index (Phi) is 10.8. The van der Waals surface area contributed by atoms with Crippen molar-refractivity contribution in [3.05, 3.63) is 65.7 Å². The summed E-state index contributed by atoms with van der Waals surface area (Å²) in [5, 5.41) is 13.6. The van der Waals surface area contributed by atoms with Crippen LogP contribution in [0.4, 0.5) is 30.8 Å². The third-order valence-electron chi connectivity index (χ3n) is 12.1. The molecule has 0 unspecified atom stereocenters. The number of urea groups is 1. The summed E-state index contributed by atoms with van der Waals surface area (Å²) in [5.41, 5.74) is 1.67. The molecule has 17 heteroatoms. The number of likely N-dealkylation sites (tertiary alicyclic amines) is 1. The number of carbonyl (C=O) groups excluding carboxylic acids is 3. The minimum atomic E-state index is -2.85. The van der Waals surface area contributed by atoms with Crippen molar-refractivity contribution in [1.29, 1.82) is 0 Å². The van der Waals surface area contributed by atoms with E-state index in [0.29, 0.717) is 31.3 Å². The highest BCUT2D eigenvalue weighted by molar-refractivity contribution is 6.08. The number of hydrogen-bond acceptors (Lipinski definition) is 10. The molecule has 0 spiro atoms. The summed E-state index contributed by atoms with van der Waals surface area (Å²) >= 11 is 0. The third kappa shape index (κ3) is 8.13. The Balaban J connectivity index is 0.725. The summed E-state index contributed by atoms with van der Waals surface area (Å²) < 4.78 is 43.4. The molecule has 1 aliphatic carbocycles. The van der Waals surface area contributed by atoms with Gasteiger partial charge in [0.2, 0.25) is 5.91 Å². The van der Waals surface area contributed by atoms with Crippen LogP contribution in [-0.4, -0.2) is 111 Å². The summed E-state index contributed by atoms with van der Waals surface area (Å²) in [6, 6.07) is 9.05. The molecule has 3 aromatic heterocycles. The largest absolute Gasteiger partial charge is 0.374 e. The zero-order valence-corrected chi connectivity index (χ0v) is 32.1. The van der Waals surface area contributed by atoms with Crippen molar-refractivity contribution in [2.75, 3.05) is 61.1 Å². The van der Waals surface area contributed by atoms with Crippen molar-refractivity contribution < 1.29 is 32.6 Å². The van der Waals surface area contributed by atoms with Crippen molar-refractivity contribution in [2.45, 2.75) is 82.1 Å². The zero-order chi connectivity index (χ0) is 39.8. The molecule has 0 radical (unpaired) electrons. The number of rotatable bonds is 10. The lowest BCUT2D eigenvalue weighted by Gasteiger charge is -2.36. The van der Waals surface area contributed by atoms with E-state index in [-0.39, 0.29) is 47.9 Å². The van der Waals surface area contributed by atoms with Gasteiger partial charge in [-0.1, -0.05) is 11.8 Å². The maximum absolute atomic E-state index is 14.2. The van der Waals surface area contributed by atoms with Gasteiger partial charge in [-0.3, -0.25) is 24.5 Å². The molecule has 1 aromatic carbocycles. The van der Waals surface area contributed by atoms with Crippen molar-refractivity contribution in [1.82, 2.24) is 34.6 Å². The van der Waals surface area contributed by atoms with Crippen molar-refractivity contribution in [3.63, 3.8) is 0 Å². The average Bonchev–Trinajstić information content (AvgIpc) is 4.05. The summed E-state index contributed by atoms with van der Waals surface area (Å²) in [6.07, 6.45) is 8.89. The molecule has 4 aliphatic heterocycles. The molecule has 304 valence electrons. The molecular weight excluding hydrogens is 751 g/mol. The smallest absolute Gasteiger partial charge is 0.328 e. The lowest BCUT2D eigenvalue weighted by Crippen LogP contribution is -2.49. The number of piperidine rings is 1. The first-order valence-electron chi connectivity index (χ1n) is 20.2. The van der Waals surface area contributed by atoms with E-state index < -0.39 is 24.1 Å². The third-order valence-corrected chi connectivity index (χ3v) is 12.1. The van der Waals surface area contributed by atoms with Crippen LogP contribution in [0.1, 0.15) is 85.4 Å². The Hall–Kier alpha value is -5.44. The highest BCUT2D eigenvalue weighted by atomic mass is 19.3. The minimum absolute atomic E-state index is 0.00163. The van der Waals surface area contributed by atoms with Crippen LogP contribution in [0.2, 0.25) is 0 Å². The summed E-state index contributed by atoms with van der Waals surface area (Å²) in [4.78, 5) is 48.0. The van der Waals surface area contributed by atoms with Gasteiger partial charge in [-0.2, -0.15) is 10.2 Å². The average molecular weight is 797 g/mol. The fraction of sp³-hybridized carbons (Fsp3) is 0.512. The van der Waals surface area contributed by atoms with E-state index in [1.807, 2.05) is 30.3 Å². The number of fused-ring (bicyclic) bond motifs is 3. The molecule has 4 aromatic rings. The lowest BCUT2D eigenvalue weighted by molar-refractivity contribution is -0.120. The van der Waals surface area contributed by atoms with E-state index in [1.165, 1.54) is 10.7 Å². The normalized spacial score (nSPS) is 24.1. The molecule has 58 heavy (non-hydrogen) atoms. The molecule has 2 N–H and O–H groups in total. The highest BCUT2D eigenvalue weighted by Crippen LogP contribution is 2.36. The van der Waals surface area contributed by atoms with Gasteiger partial charge < -0.3 is 24.6 Å². The quantitative estimate of drug-likeness (QED) is 0.214. The number of benzene rings is 1. The van der Waals surface area contributed by atoms with Crippen LogP contribution >= 0.6 is 0 Å². The lowest BCUT2D eigenvalue weighted by atomic mass is 9.85. The SMILES string of the molecule is O=C1CCN(c2ccc(C#CCOC3CCN(CC4CCC(n5cc(NC(=O)c6cnn7ccc(N8C[C@H]9C[C@@H]8CO9)nc67)c(C(F)F)n5)CC4)CC3)cc2)C(=O)N1. The van der Waals surface area contributed by atoms with Gasteiger partial charge >= 0.3 is 6.03 Å². The predicted molar refractivity (Wildman–Crippen MR) is 209 cm³/mol. The Labute approximate surface area is 334 Å². The van der Waals surface area contributed by atoms with E-state index in [0.717, 1.165) is 88.2 Å². The van der Waals surface area contributed by atoms with E-state index in [4.69, 9.17) is 14.5 Å². The molecular formula is C41H46F2N10O5. The first kappa shape index (κ1) is 38.1. The first-order valence-corrected chi connectivity index (χ1v) is 20.2. The number of ether oxygens (including phenoxy) is 2. The van der Waals surface area contributed by atoms with Crippen LogP contribution in [-0.2, 0) is 14.3 Å². The van der Waals surface area contributed by atoms with Gasteiger partial charge in [0.15, 0.2) is 11.3 Å². The van der Waals surface area contributed by atoms with Crippen LogP contribution in [0, 0.1) is 17.8 Å². The Morgan fingerprint density at radius 2 is 1.84 bits per heavy atom. The fourth-order valence-electron chi connectivity index (χ4n) is 8.95. The van der Waals surface area contributed by atoms with Crippen LogP contribution in [0.15, 0.2) is 48.9 Å². The zero-order valence-electron chi connectivity index (χ0n) is 32.1. The van der Waals surface area contributed by atoms with Gasteiger partial charge in [-0.15, -0.1) is 0 Å². The van der Waals surface area contributed by atoms with E-state index in [1.54, 1.807) is 22.0 Å². The van der Waals surface area contributed by atoms with Gasteiger partial charge in [0.1, 0.15) is 18.0 Å². The van der Waals surface area contributed by atoms with Gasteiger partial charge in [-0.05, 0) is 81.2 Å². The number of imide groups is 1. The topological polar surface area (TPSA) is 151 Å². The molecule has 2 atom stereocenters. The van der Waals surface area contributed by atoms with Crippen LogP contribution in [0.3, 0.4) is 0 Å². The van der Waals surface area contributed by atoms with Crippen molar-refractivity contribution in [2.24, 2.45) is 5.92 Å². The Morgan fingerprint density at radius 1 is 1.03 bits per heavy atom. The molecule has 2 bridgehead atoms. The highest BCUT2D eigenvalue weighted by Gasteiger charge is 2.40.